The van der Waals surface area contributed by atoms with Crippen molar-refractivity contribution in [3.63, 3.8) is 0 Å². The quantitative estimate of drug-likeness (QED) is 0.746. The molecule has 1 heterocycles. The van der Waals surface area contributed by atoms with Crippen molar-refractivity contribution in [3.8, 4) is 0 Å². The highest BCUT2D eigenvalue weighted by Gasteiger charge is 2.35. The van der Waals surface area contributed by atoms with Gasteiger partial charge >= 0.3 is 0 Å². The molecule has 96 valence electrons. The van der Waals surface area contributed by atoms with E-state index in [0.717, 1.165) is 17.2 Å². The van der Waals surface area contributed by atoms with Gasteiger partial charge in [0.25, 0.3) is 0 Å². The van der Waals surface area contributed by atoms with Crippen LogP contribution in [0.5, 0.6) is 0 Å². The zero-order valence-corrected chi connectivity index (χ0v) is 11.4. The van der Waals surface area contributed by atoms with Crippen LogP contribution < -0.4 is 10.6 Å². The Labute approximate surface area is 103 Å². The van der Waals surface area contributed by atoms with Crippen LogP contribution in [0.25, 0.3) is 0 Å². The van der Waals surface area contributed by atoms with Crippen LogP contribution in [0.4, 0.5) is 11.6 Å². The summed E-state index contributed by atoms with van der Waals surface area (Å²) in [4.78, 5) is 8.34. The lowest BCUT2D eigenvalue weighted by Crippen LogP contribution is -2.51. The summed E-state index contributed by atoms with van der Waals surface area (Å²) >= 11 is 0. The number of rotatable bonds is 4. The smallest absolute Gasteiger partial charge is 0.134 e. The largest absolute Gasteiger partial charge is 0.388 e. The molecule has 5 nitrogen and oxygen atoms in total. The van der Waals surface area contributed by atoms with Gasteiger partial charge in [0.1, 0.15) is 18.0 Å². The Kier molecular flexibility index (Phi) is 3.62. The van der Waals surface area contributed by atoms with Gasteiger partial charge in [0.15, 0.2) is 0 Å². The van der Waals surface area contributed by atoms with E-state index in [2.05, 4.69) is 20.6 Å². The number of anilines is 2. The first-order valence-electron chi connectivity index (χ1n) is 5.69. The Morgan fingerprint density at radius 1 is 1.12 bits per heavy atom. The first-order valence-corrected chi connectivity index (χ1v) is 5.69. The predicted molar refractivity (Wildman–Crippen MR) is 70.3 cm³/mol. The molecule has 0 spiro atoms. The third-order valence-electron chi connectivity index (χ3n) is 3.28. The van der Waals surface area contributed by atoms with Gasteiger partial charge in [0, 0.05) is 12.6 Å². The molecule has 3 N–H and O–H groups in total. The van der Waals surface area contributed by atoms with Crippen molar-refractivity contribution in [2.75, 3.05) is 17.7 Å². The van der Waals surface area contributed by atoms with Crippen LogP contribution in [0.3, 0.4) is 0 Å². The minimum Gasteiger partial charge on any atom is -0.388 e. The van der Waals surface area contributed by atoms with Crippen molar-refractivity contribution in [2.24, 2.45) is 0 Å². The van der Waals surface area contributed by atoms with E-state index >= 15 is 0 Å². The number of nitrogens with zero attached hydrogens (tertiary/aromatic N) is 2. The van der Waals surface area contributed by atoms with Gasteiger partial charge in [-0.3, -0.25) is 0 Å². The maximum absolute atomic E-state index is 10.1. The van der Waals surface area contributed by atoms with E-state index in [4.69, 9.17) is 0 Å². The van der Waals surface area contributed by atoms with Gasteiger partial charge in [-0.05, 0) is 34.6 Å². The fourth-order valence-corrected chi connectivity index (χ4v) is 1.28. The van der Waals surface area contributed by atoms with Crippen molar-refractivity contribution in [3.05, 3.63) is 11.9 Å². The molecule has 0 bridgehead atoms. The molecule has 0 aliphatic rings. The van der Waals surface area contributed by atoms with Gasteiger partial charge in [0.2, 0.25) is 0 Å². The van der Waals surface area contributed by atoms with Crippen molar-refractivity contribution in [1.82, 2.24) is 9.97 Å². The van der Waals surface area contributed by atoms with Crippen LogP contribution in [0.2, 0.25) is 0 Å². The summed E-state index contributed by atoms with van der Waals surface area (Å²) in [6.07, 6.45) is 1.50. The van der Waals surface area contributed by atoms with E-state index < -0.39 is 11.1 Å². The van der Waals surface area contributed by atoms with Gasteiger partial charge in [-0.15, -0.1) is 0 Å². The van der Waals surface area contributed by atoms with E-state index in [1.54, 1.807) is 13.8 Å². The molecule has 0 unspecified atom stereocenters. The molecule has 0 aliphatic carbocycles. The van der Waals surface area contributed by atoms with E-state index in [-0.39, 0.29) is 0 Å². The summed E-state index contributed by atoms with van der Waals surface area (Å²) in [5, 5.41) is 16.4. The minimum atomic E-state index is -0.857. The van der Waals surface area contributed by atoms with Crippen molar-refractivity contribution in [2.45, 2.75) is 45.8 Å². The fraction of sp³-hybridized carbons (Fsp3) is 0.667. The summed E-state index contributed by atoms with van der Waals surface area (Å²) < 4.78 is 0. The van der Waals surface area contributed by atoms with E-state index in [1.165, 1.54) is 6.33 Å². The average molecular weight is 238 g/mol. The van der Waals surface area contributed by atoms with Crippen LogP contribution in [0.15, 0.2) is 6.33 Å². The molecular weight excluding hydrogens is 216 g/mol. The second-order valence-corrected chi connectivity index (χ2v) is 5.25. The molecule has 0 amide bonds. The molecule has 0 aliphatic heterocycles. The van der Waals surface area contributed by atoms with Gasteiger partial charge in [-0.2, -0.15) is 0 Å². The summed E-state index contributed by atoms with van der Waals surface area (Å²) in [7, 11) is 1.82. The van der Waals surface area contributed by atoms with Crippen LogP contribution in [-0.2, 0) is 0 Å². The van der Waals surface area contributed by atoms with Crippen molar-refractivity contribution < 1.29 is 5.11 Å². The molecule has 1 aromatic rings. The summed E-state index contributed by atoms with van der Waals surface area (Å²) in [6, 6.07) is 0. The Bertz CT molecular complexity index is 396. The molecule has 0 atom stereocenters. The molecule has 17 heavy (non-hydrogen) atoms. The molecular formula is C12H22N4O. The van der Waals surface area contributed by atoms with Crippen LogP contribution in [0, 0.1) is 6.92 Å². The second kappa shape index (κ2) is 4.49. The Morgan fingerprint density at radius 2 is 1.65 bits per heavy atom. The first kappa shape index (κ1) is 13.7. The molecule has 5 heteroatoms. The zero-order valence-electron chi connectivity index (χ0n) is 11.4. The maximum atomic E-state index is 10.1. The Morgan fingerprint density at radius 3 is 2.12 bits per heavy atom. The molecule has 0 radical (unpaired) electrons. The average Bonchev–Trinajstić information content (AvgIpc) is 2.19. The highest BCUT2D eigenvalue weighted by molar-refractivity contribution is 5.57. The Balaban J connectivity index is 3.04. The summed E-state index contributed by atoms with van der Waals surface area (Å²) in [6.45, 7) is 9.36. The molecule has 0 fully saturated rings. The Hall–Kier alpha value is -1.36. The SMILES string of the molecule is CNc1ncnc(NC(C)(C)C(C)(C)O)c1C. The molecule has 1 rings (SSSR count). The maximum Gasteiger partial charge on any atom is 0.134 e. The van der Waals surface area contributed by atoms with Crippen LogP contribution in [0.1, 0.15) is 33.3 Å². The van der Waals surface area contributed by atoms with Gasteiger partial charge in [-0.1, -0.05) is 0 Å². The monoisotopic (exact) mass is 238 g/mol. The lowest BCUT2D eigenvalue weighted by Gasteiger charge is -2.38. The van der Waals surface area contributed by atoms with Crippen molar-refractivity contribution >= 4 is 11.6 Å². The van der Waals surface area contributed by atoms with E-state index in [1.807, 2.05) is 27.8 Å². The van der Waals surface area contributed by atoms with Gasteiger partial charge < -0.3 is 15.7 Å². The highest BCUT2D eigenvalue weighted by Crippen LogP contribution is 2.27. The lowest BCUT2D eigenvalue weighted by atomic mass is 9.86. The van der Waals surface area contributed by atoms with Crippen molar-refractivity contribution in [1.29, 1.82) is 0 Å². The summed E-state index contributed by atoms with van der Waals surface area (Å²) in [5.74, 6) is 1.52. The molecule has 0 saturated heterocycles. The third kappa shape index (κ3) is 2.85. The van der Waals surface area contributed by atoms with Gasteiger partial charge in [-0.25, -0.2) is 9.97 Å². The minimum absolute atomic E-state index is 0.489. The molecule has 1 aromatic heterocycles. The number of aromatic nitrogens is 2. The van der Waals surface area contributed by atoms with Crippen LogP contribution in [-0.4, -0.2) is 33.3 Å². The number of aliphatic hydroxyl groups is 1. The number of nitrogens with one attached hydrogen (secondary N) is 2. The lowest BCUT2D eigenvalue weighted by molar-refractivity contribution is 0.0238. The third-order valence-corrected chi connectivity index (χ3v) is 3.28. The van der Waals surface area contributed by atoms with Crippen LogP contribution >= 0.6 is 0 Å². The van der Waals surface area contributed by atoms with E-state index in [0.29, 0.717) is 0 Å². The predicted octanol–water partition coefficient (Wildman–Crippen LogP) is 1.79. The zero-order chi connectivity index (χ0) is 13.3. The molecule has 0 saturated carbocycles. The normalized spacial score (nSPS) is 12.4. The fourth-order valence-electron chi connectivity index (χ4n) is 1.28. The highest BCUT2D eigenvalue weighted by atomic mass is 16.3. The number of hydrogen-bond donors (Lipinski definition) is 3. The van der Waals surface area contributed by atoms with E-state index in [9.17, 15) is 5.11 Å². The summed E-state index contributed by atoms with van der Waals surface area (Å²) in [5.41, 5.74) is -0.409. The number of hydrogen-bond acceptors (Lipinski definition) is 5. The first-order chi connectivity index (χ1) is 7.69. The topological polar surface area (TPSA) is 70.1 Å². The second-order valence-electron chi connectivity index (χ2n) is 5.25. The molecule has 0 aromatic carbocycles. The van der Waals surface area contributed by atoms with Gasteiger partial charge in [0.05, 0.1) is 11.1 Å². The standard InChI is InChI=1S/C12H22N4O/c1-8-9(13-6)14-7-15-10(8)16-11(2,3)12(4,5)17/h7,17H,1-6H3,(H2,13,14,15,16).